The van der Waals surface area contributed by atoms with Crippen LogP contribution >= 0.6 is 0 Å². The predicted molar refractivity (Wildman–Crippen MR) is 56.0 cm³/mol. The first-order chi connectivity index (χ1) is 7.79. The second-order valence-electron chi connectivity index (χ2n) is 3.63. The first-order valence-electron chi connectivity index (χ1n) is 4.84. The summed E-state index contributed by atoms with van der Waals surface area (Å²) in [5, 5.41) is 9.67. The maximum Gasteiger partial charge on any atom is 0.141 e. The fraction of sp³-hybridized carbons (Fsp3) is 0.182. The summed E-state index contributed by atoms with van der Waals surface area (Å²) in [7, 11) is 0. The van der Waals surface area contributed by atoms with Gasteiger partial charge in [-0.15, -0.1) is 0 Å². The number of nitrogens with two attached hydrogens (primary N) is 1. The van der Waals surface area contributed by atoms with E-state index in [1.165, 1.54) is 0 Å². The Bertz CT molecular complexity index is 617. The average Bonchev–Trinajstić information content (AvgIpc) is 2.71. The van der Waals surface area contributed by atoms with Crippen LogP contribution in [0.25, 0.3) is 10.9 Å². The third-order valence-corrected chi connectivity index (χ3v) is 2.70. The molecule has 16 heavy (non-hydrogen) atoms. The second kappa shape index (κ2) is 3.23. The van der Waals surface area contributed by atoms with E-state index in [2.05, 4.69) is 9.97 Å². The van der Waals surface area contributed by atoms with E-state index in [1.807, 2.05) is 6.07 Å². The van der Waals surface area contributed by atoms with Gasteiger partial charge >= 0.3 is 0 Å². The zero-order chi connectivity index (χ0) is 11.1. The molecule has 2 N–H and O–H groups in total. The van der Waals surface area contributed by atoms with Crippen LogP contribution < -0.4 is 5.73 Å². The standard InChI is InChI=1S/C11H8N4O/c12-2-7-1-8-9(4-14-7)15-3-6-5-16-11(13)10(6)8/h1,3-4,11H,5,13H2. The lowest BCUT2D eigenvalue weighted by Crippen LogP contribution is -2.08. The predicted octanol–water partition coefficient (Wildman–Crippen LogP) is 0.989. The van der Waals surface area contributed by atoms with E-state index in [0.717, 1.165) is 22.0 Å². The highest BCUT2D eigenvalue weighted by Gasteiger charge is 2.23. The molecule has 2 aromatic heterocycles. The zero-order valence-corrected chi connectivity index (χ0v) is 8.34. The molecule has 1 aliphatic rings. The van der Waals surface area contributed by atoms with Crippen LogP contribution in [0.1, 0.15) is 23.0 Å². The van der Waals surface area contributed by atoms with Crippen molar-refractivity contribution in [3.8, 4) is 6.07 Å². The fourth-order valence-electron chi connectivity index (χ4n) is 1.93. The highest BCUT2D eigenvalue weighted by Crippen LogP contribution is 2.32. The summed E-state index contributed by atoms with van der Waals surface area (Å²) >= 11 is 0. The number of hydrogen-bond acceptors (Lipinski definition) is 5. The number of nitrogens with zero attached hydrogens (tertiary/aromatic N) is 3. The second-order valence-corrected chi connectivity index (χ2v) is 3.63. The number of fused-ring (bicyclic) bond motifs is 3. The molecule has 0 fully saturated rings. The quantitative estimate of drug-likeness (QED) is 0.703. The maximum atomic E-state index is 8.82. The van der Waals surface area contributed by atoms with Crippen molar-refractivity contribution >= 4 is 10.9 Å². The van der Waals surface area contributed by atoms with Gasteiger partial charge in [-0.2, -0.15) is 5.26 Å². The Morgan fingerprint density at radius 3 is 3.12 bits per heavy atom. The van der Waals surface area contributed by atoms with E-state index in [9.17, 15) is 0 Å². The largest absolute Gasteiger partial charge is 0.355 e. The Hall–Kier alpha value is -2.03. The summed E-state index contributed by atoms with van der Waals surface area (Å²) in [4.78, 5) is 8.23. The molecule has 1 atom stereocenters. The lowest BCUT2D eigenvalue weighted by molar-refractivity contribution is 0.0716. The van der Waals surface area contributed by atoms with Crippen LogP contribution in [0.4, 0.5) is 0 Å². The van der Waals surface area contributed by atoms with E-state index in [0.29, 0.717) is 12.3 Å². The molecule has 0 aromatic carbocycles. The van der Waals surface area contributed by atoms with Crippen molar-refractivity contribution in [3.05, 3.63) is 35.3 Å². The molecule has 78 valence electrons. The Balaban J connectivity index is 2.38. The molecule has 0 saturated heterocycles. The first kappa shape index (κ1) is 9.21. The molecule has 5 nitrogen and oxygen atoms in total. The smallest absolute Gasteiger partial charge is 0.141 e. The Morgan fingerprint density at radius 2 is 2.31 bits per heavy atom. The number of nitriles is 1. The van der Waals surface area contributed by atoms with E-state index in [4.69, 9.17) is 15.7 Å². The van der Waals surface area contributed by atoms with Crippen molar-refractivity contribution in [2.45, 2.75) is 12.8 Å². The summed E-state index contributed by atoms with van der Waals surface area (Å²) in [5.74, 6) is 0. The Morgan fingerprint density at radius 1 is 1.44 bits per heavy atom. The van der Waals surface area contributed by atoms with Crippen LogP contribution in [0.5, 0.6) is 0 Å². The Labute approximate surface area is 91.5 Å². The third kappa shape index (κ3) is 1.18. The van der Waals surface area contributed by atoms with Gasteiger partial charge in [0, 0.05) is 22.7 Å². The fourth-order valence-corrected chi connectivity index (χ4v) is 1.93. The molecule has 0 radical (unpaired) electrons. The van der Waals surface area contributed by atoms with E-state index < -0.39 is 6.23 Å². The van der Waals surface area contributed by atoms with Crippen LogP contribution in [0.15, 0.2) is 18.5 Å². The molecule has 0 saturated carbocycles. The number of ether oxygens (including phenoxy) is 1. The van der Waals surface area contributed by atoms with Crippen LogP contribution in [0, 0.1) is 11.3 Å². The van der Waals surface area contributed by atoms with E-state index >= 15 is 0 Å². The van der Waals surface area contributed by atoms with E-state index in [1.54, 1.807) is 18.5 Å². The van der Waals surface area contributed by atoms with Gasteiger partial charge in [0.05, 0.1) is 18.3 Å². The molecule has 1 unspecified atom stereocenters. The van der Waals surface area contributed by atoms with Crippen molar-refractivity contribution in [1.82, 2.24) is 9.97 Å². The molecule has 0 aliphatic carbocycles. The summed E-state index contributed by atoms with van der Waals surface area (Å²) in [5.41, 5.74) is 8.85. The molecule has 5 heteroatoms. The molecular weight excluding hydrogens is 204 g/mol. The van der Waals surface area contributed by atoms with Crippen LogP contribution in [-0.2, 0) is 11.3 Å². The maximum absolute atomic E-state index is 8.82. The van der Waals surface area contributed by atoms with Crippen LogP contribution in [0.2, 0.25) is 0 Å². The van der Waals surface area contributed by atoms with Crippen molar-refractivity contribution in [3.63, 3.8) is 0 Å². The highest BCUT2D eigenvalue weighted by molar-refractivity contribution is 5.83. The monoisotopic (exact) mass is 212 g/mol. The van der Waals surface area contributed by atoms with Crippen LogP contribution in [0.3, 0.4) is 0 Å². The van der Waals surface area contributed by atoms with Gasteiger partial charge in [0.2, 0.25) is 0 Å². The van der Waals surface area contributed by atoms with Gasteiger partial charge in [-0.1, -0.05) is 0 Å². The summed E-state index contributed by atoms with van der Waals surface area (Å²) < 4.78 is 5.34. The van der Waals surface area contributed by atoms with Gasteiger partial charge in [0.25, 0.3) is 0 Å². The molecule has 3 rings (SSSR count). The minimum absolute atomic E-state index is 0.363. The normalized spacial score (nSPS) is 18.4. The summed E-state index contributed by atoms with van der Waals surface area (Å²) in [6, 6.07) is 3.71. The van der Waals surface area contributed by atoms with Crippen LogP contribution in [-0.4, -0.2) is 9.97 Å². The minimum atomic E-state index is -0.436. The van der Waals surface area contributed by atoms with Gasteiger partial charge in [-0.05, 0) is 6.07 Å². The summed E-state index contributed by atoms with van der Waals surface area (Å²) in [6.45, 7) is 0.476. The van der Waals surface area contributed by atoms with Gasteiger partial charge in [0.15, 0.2) is 0 Å². The van der Waals surface area contributed by atoms with Gasteiger partial charge in [-0.3, -0.25) is 4.98 Å². The van der Waals surface area contributed by atoms with Crippen molar-refractivity contribution in [1.29, 1.82) is 5.26 Å². The molecule has 0 bridgehead atoms. The van der Waals surface area contributed by atoms with Gasteiger partial charge < -0.3 is 10.5 Å². The molecule has 0 spiro atoms. The summed E-state index contributed by atoms with van der Waals surface area (Å²) in [6.07, 6.45) is 2.90. The SMILES string of the molecule is N#Cc1cc2c3c(cnc2cn1)COC3N. The average molecular weight is 212 g/mol. The lowest BCUT2D eigenvalue weighted by atomic mass is 10.1. The van der Waals surface area contributed by atoms with Crippen molar-refractivity contribution in [2.75, 3.05) is 0 Å². The van der Waals surface area contributed by atoms with E-state index in [-0.39, 0.29) is 0 Å². The number of pyridine rings is 2. The topological polar surface area (TPSA) is 84.8 Å². The van der Waals surface area contributed by atoms with Crippen molar-refractivity contribution < 1.29 is 4.74 Å². The third-order valence-electron chi connectivity index (χ3n) is 2.70. The highest BCUT2D eigenvalue weighted by atomic mass is 16.5. The Kier molecular flexibility index (Phi) is 1.86. The lowest BCUT2D eigenvalue weighted by Gasteiger charge is -2.07. The zero-order valence-electron chi connectivity index (χ0n) is 8.34. The van der Waals surface area contributed by atoms with Crippen molar-refractivity contribution in [2.24, 2.45) is 5.73 Å². The molecule has 0 amide bonds. The van der Waals surface area contributed by atoms with Gasteiger partial charge in [0.1, 0.15) is 18.0 Å². The van der Waals surface area contributed by atoms with Gasteiger partial charge in [-0.25, -0.2) is 4.98 Å². The number of hydrogen-bond donors (Lipinski definition) is 1. The molecule has 1 aliphatic heterocycles. The number of aromatic nitrogens is 2. The molecule has 3 heterocycles. The minimum Gasteiger partial charge on any atom is -0.355 e. The molecule has 2 aromatic rings. The number of rotatable bonds is 0. The first-order valence-corrected chi connectivity index (χ1v) is 4.84. The molecular formula is C11H8N4O.